The van der Waals surface area contributed by atoms with Crippen LogP contribution in [-0.4, -0.2) is 35.5 Å². The van der Waals surface area contributed by atoms with Gasteiger partial charge in [0.05, 0.1) is 0 Å². The highest BCUT2D eigenvalue weighted by Gasteiger charge is 2.41. The Morgan fingerprint density at radius 3 is 2.28 bits per heavy atom. The first-order chi connectivity index (χ1) is 11.9. The summed E-state index contributed by atoms with van der Waals surface area (Å²) in [5.74, 6) is -1.32. The smallest absolute Gasteiger partial charge is 0.321 e. The number of carbonyl (C=O) groups excluding carboxylic acids is 2. The minimum Gasteiger partial charge on any atom is -0.321 e. The first kappa shape index (κ1) is 17.8. The van der Waals surface area contributed by atoms with Crippen molar-refractivity contribution in [2.24, 2.45) is 5.92 Å². The Hall–Kier alpha value is -2.05. The molecule has 3 rings (SSSR count). The van der Waals surface area contributed by atoms with E-state index in [2.05, 4.69) is 5.32 Å². The van der Waals surface area contributed by atoms with Crippen molar-refractivity contribution in [2.75, 3.05) is 11.9 Å². The minimum atomic E-state index is -4.89. The van der Waals surface area contributed by atoms with Crippen LogP contribution in [0.3, 0.4) is 0 Å². The molecular weight excluding hydrogens is 333 g/mol. The molecular formula is C18H21F3N2O2. The van der Waals surface area contributed by atoms with Gasteiger partial charge in [0.25, 0.3) is 5.78 Å². The van der Waals surface area contributed by atoms with Gasteiger partial charge in [-0.05, 0) is 43.0 Å². The van der Waals surface area contributed by atoms with Gasteiger partial charge in [0.1, 0.15) is 0 Å². The highest BCUT2D eigenvalue weighted by atomic mass is 19.4. The van der Waals surface area contributed by atoms with Crippen LogP contribution in [0.1, 0.15) is 48.9 Å². The van der Waals surface area contributed by atoms with Gasteiger partial charge in [-0.1, -0.05) is 25.7 Å². The van der Waals surface area contributed by atoms with E-state index in [1.54, 1.807) is 0 Å². The normalized spacial score (nSPS) is 23.7. The van der Waals surface area contributed by atoms with Gasteiger partial charge < -0.3 is 10.2 Å². The first-order valence-corrected chi connectivity index (χ1v) is 8.65. The molecule has 1 aliphatic carbocycles. The van der Waals surface area contributed by atoms with Gasteiger partial charge in [-0.2, -0.15) is 13.2 Å². The van der Waals surface area contributed by atoms with Crippen LogP contribution in [0.25, 0.3) is 0 Å². The second-order valence-corrected chi connectivity index (χ2v) is 6.81. The number of anilines is 1. The number of likely N-dealkylation sites (tertiary alicyclic amines) is 1. The summed E-state index contributed by atoms with van der Waals surface area (Å²) < 4.78 is 37.2. The Labute approximate surface area is 144 Å². The maximum Gasteiger partial charge on any atom is 0.454 e. The molecule has 2 atom stereocenters. The number of hydrogen-bond donors (Lipinski definition) is 1. The van der Waals surface area contributed by atoms with Crippen molar-refractivity contribution in [2.45, 2.75) is 50.7 Å². The van der Waals surface area contributed by atoms with Crippen LogP contribution in [0.2, 0.25) is 0 Å². The Morgan fingerprint density at radius 1 is 1.00 bits per heavy atom. The number of ketones is 1. The van der Waals surface area contributed by atoms with E-state index in [0.717, 1.165) is 37.9 Å². The molecule has 1 N–H and O–H groups in total. The van der Waals surface area contributed by atoms with E-state index >= 15 is 0 Å². The lowest BCUT2D eigenvalue weighted by atomic mass is 9.79. The molecule has 0 bridgehead atoms. The fourth-order valence-electron chi connectivity index (χ4n) is 3.71. The zero-order chi connectivity index (χ0) is 18.0. The fourth-order valence-corrected chi connectivity index (χ4v) is 3.71. The van der Waals surface area contributed by atoms with Crippen molar-refractivity contribution in [3.8, 4) is 0 Å². The lowest BCUT2D eigenvalue weighted by Gasteiger charge is -2.49. The molecule has 1 heterocycles. The largest absolute Gasteiger partial charge is 0.454 e. The van der Waals surface area contributed by atoms with Gasteiger partial charge in [0.15, 0.2) is 0 Å². The van der Waals surface area contributed by atoms with E-state index in [0.29, 0.717) is 11.6 Å². The molecule has 1 saturated heterocycles. The van der Waals surface area contributed by atoms with Crippen LogP contribution in [-0.2, 0) is 0 Å². The molecule has 2 unspecified atom stereocenters. The number of fused-ring (bicyclic) bond motifs is 1. The molecule has 0 radical (unpaired) electrons. The molecule has 2 fully saturated rings. The molecule has 1 aromatic rings. The van der Waals surface area contributed by atoms with Crippen LogP contribution in [0.15, 0.2) is 24.3 Å². The van der Waals surface area contributed by atoms with Gasteiger partial charge in [-0.3, -0.25) is 4.79 Å². The summed E-state index contributed by atoms with van der Waals surface area (Å²) in [4.78, 5) is 25.4. The number of Topliss-reactive ketones (excluding diaryl/α,β-unsaturated/α-hetero) is 1. The number of amides is 2. The predicted molar refractivity (Wildman–Crippen MR) is 87.5 cm³/mol. The molecule has 2 amide bonds. The third-order valence-corrected chi connectivity index (χ3v) is 5.12. The van der Waals surface area contributed by atoms with Crippen molar-refractivity contribution in [1.82, 2.24) is 4.90 Å². The summed E-state index contributed by atoms with van der Waals surface area (Å²) in [6.45, 7) is 0.737. The Kier molecular flexibility index (Phi) is 5.01. The Morgan fingerprint density at radius 2 is 1.64 bits per heavy atom. The van der Waals surface area contributed by atoms with Gasteiger partial charge >= 0.3 is 12.2 Å². The molecule has 136 valence electrons. The van der Waals surface area contributed by atoms with Crippen molar-refractivity contribution in [3.05, 3.63) is 29.8 Å². The van der Waals surface area contributed by atoms with Crippen LogP contribution in [0.4, 0.5) is 23.7 Å². The molecule has 7 heteroatoms. The van der Waals surface area contributed by atoms with Crippen LogP contribution in [0, 0.1) is 5.92 Å². The topological polar surface area (TPSA) is 49.4 Å². The highest BCUT2D eigenvalue weighted by Crippen LogP contribution is 2.35. The van der Waals surface area contributed by atoms with Crippen molar-refractivity contribution < 1.29 is 22.8 Å². The number of nitrogens with one attached hydrogen (secondary N) is 1. The SMILES string of the molecule is O=C(Nc1ccc(C(=O)C(F)(F)F)cc1)N1CC2CCCCCCC21. The summed E-state index contributed by atoms with van der Waals surface area (Å²) in [6.07, 6.45) is 2.08. The predicted octanol–water partition coefficient (Wildman–Crippen LogP) is 4.62. The number of nitrogens with zero attached hydrogens (tertiary/aromatic N) is 1. The second kappa shape index (κ2) is 7.06. The zero-order valence-corrected chi connectivity index (χ0v) is 13.8. The highest BCUT2D eigenvalue weighted by molar-refractivity contribution is 6.00. The minimum absolute atomic E-state index is 0.225. The first-order valence-electron chi connectivity index (χ1n) is 8.65. The van der Waals surface area contributed by atoms with Gasteiger partial charge in [0, 0.05) is 23.8 Å². The van der Waals surface area contributed by atoms with E-state index in [-0.39, 0.29) is 12.1 Å². The van der Waals surface area contributed by atoms with Crippen LogP contribution in [0.5, 0.6) is 0 Å². The quantitative estimate of drug-likeness (QED) is 0.788. The third-order valence-electron chi connectivity index (χ3n) is 5.12. The molecule has 1 aliphatic heterocycles. The maximum absolute atomic E-state index is 12.4. The lowest BCUT2D eigenvalue weighted by Crippen LogP contribution is -2.59. The fraction of sp³-hybridized carbons (Fsp3) is 0.556. The average Bonchev–Trinajstić information content (AvgIpc) is 2.53. The molecule has 2 aliphatic rings. The number of rotatable bonds is 2. The molecule has 0 spiro atoms. The Bertz CT molecular complexity index is 643. The van der Waals surface area contributed by atoms with Gasteiger partial charge in [-0.25, -0.2) is 4.79 Å². The summed E-state index contributed by atoms with van der Waals surface area (Å²) in [5.41, 5.74) is -0.0486. The lowest BCUT2D eigenvalue weighted by molar-refractivity contribution is -0.0885. The average molecular weight is 354 g/mol. The number of carbonyl (C=O) groups is 2. The van der Waals surface area contributed by atoms with E-state index in [4.69, 9.17) is 0 Å². The maximum atomic E-state index is 12.4. The monoisotopic (exact) mass is 354 g/mol. The van der Waals surface area contributed by atoms with Crippen molar-refractivity contribution in [3.63, 3.8) is 0 Å². The van der Waals surface area contributed by atoms with E-state index in [1.807, 2.05) is 4.90 Å². The Balaban J connectivity index is 1.59. The van der Waals surface area contributed by atoms with Crippen LogP contribution >= 0.6 is 0 Å². The van der Waals surface area contributed by atoms with Gasteiger partial charge in [0.2, 0.25) is 0 Å². The molecule has 25 heavy (non-hydrogen) atoms. The molecule has 1 saturated carbocycles. The second-order valence-electron chi connectivity index (χ2n) is 6.81. The number of halogens is 3. The standard InChI is InChI=1S/C18H21F3N2O2/c19-18(20,21)16(24)12-7-9-14(10-8-12)22-17(25)23-11-13-5-3-1-2-4-6-15(13)23/h7-10,13,15H,1-6,11H2,(H,22,25). The van der Waals surface area contributed by atoms with Gasteiger partial charge in [-0.15, -0.1) is 0 Å². The van der Waals surface area contributed by atoms with E-state index in [9.17, 15) is 22.8 Å². The summed E-state index contributed by atoms with van der Waals surface area (Å²) >= 11 is 0. The van der Waals surface area contributed by atoms with E-state index in [1.165, 1.54) is 31.4 Å². The van der Waals surface area contributed by atoms with Crippen molar-refractivity contribution in [1.29, 1.82) is 0 Å². The summed E-state index contributed by atoms with van der Waals surface area (Å²) in [6, 6.07) is 4.86. The number of benzene rings is 1. The third kappa shape index (κ3) is 3.96. The van der Waals surface area contributed by atoms with E-state index < -0.39 is 17.5 Å². The zero-order valence-electron chi connectivity index (χ0n) is 13.8. The molecule has 0 aromatic heterocycles. The number of hydrogen-bond acceptors (Lipinski definition) is 2. The number of alkyl halides is 3. The van der Waals surface area contributed by atoms with Crippen molar-refractivity contribution >= 4 is 17.5 Å². The summed E-state index contributed by atoms with van der Waals surface area (Å²) in [5, 5.41) is 2.71. The number of urea groups is 1. The molecule has 4 nitrogen and oxygen atoms in total. The molecule has 1 aromatic carbocycles. The summed E-state index contributed by atoms with van der Waals surface area (Å²) in [7, 11) is 0. The van der Waals surface area contributed by atoms with Crippen LogP contribution < -0.4 is 5.32 Å².